The first-order valence-electron chi connectivity index (χ1n) is 7.21. The summed E-state index contributed by atoms with van der Waals surface area (Å²) in [6, 6.07) is 0. The number of amides is 1. The summed E-state index contributed by atoms with van der Waals surface area (Å²) in [5.41, 5.74) is 5.69. The minimum atomic E-state index is -0.193. The van der Waals surface area contributed by atoms with Crippen molar-refractivity contribution in [3.8, 4) is 0 Å². The number of carbonyl (C=O) groups excluding carboxylic acids is 1. The first-order valence-corrected chi connectivity index (χ1v) is 7.21. The van der Waals surface area contributed by atoms with Gasteiger partial charge in [-0.25, -0.2) is 0 Å². The standard InChI is InChI=1S/C14H26N2O/c1-2-5-12-6-9-16(10-12)13(17)14(11-15)7-3-4-8-14/h12H,2-11,15H2,1H3. The Labute approximate surface area is 105 Å². The van der Waals surface area contributed by atoms with Crippen LogP contribution in [0.15, 0.2) is 0 Å². The molecule has 1 aliphatic carbocycles. The molecule has 0 radical (unpaired) electrons. The first kappa shape index (κ1) is 12.9. The normalized spacial score (nSPS) is 27.6. The highest BCUT2D eigenvalue weighted by Crippen LogP contribution is 2.40. The molecular formula is C14H26N2O. The number of nitrogens with two attached hydrogens (primary N) is 1. The Hall–Kier alpha value is -0.570. The van der Waals surface area contributed by atoms with Crippen molar-refractivity contribution in [2.75, 3.05) is 19.6 Å². The van der Waals surface area contributed by atoms with E-state index in [1.165, 1.54) is 32.1 Å². The van der Waals surface area contributed by atoms with Crippen LogP contribution in [0.4, 0.5) is 0 Å². The number of hydrogen-bond acceptors (Lipinski definition) is 2. The minimum absolute atomic E-state index is 0.193. The molecule has 3 nitrogen and oxygen atoms in total. The van der Waals surface area contributed by atoms with Crippen LogP contribution in [0.25, 0.3) is 0 Å². The Morgan fingerprint density at radius 3 is 2.71 bits per heavy atom. The van der Waals surface area contributed by atoms with E-state index in [2.05, 4.69) is 11.8 Å². The van der Waals surface area contributed by atoms with Crippen LogP contribution in [-0.4, -0.2) is 30.4 Å². The van der Waals surface area contributed by atoms with Crippen LogP contribution in [0.5, 0.6) is 0 Å². The zero-order valence-corrected chi connectivity index (χ0v) is 11.1. The SMILES string of the molecule is CCCC1CCN(C(=O)C2(CN)CCCC2)C1. The van der Waals surface area contributed by atoms with E-state index in [-0.39, 0.29) is 5.41 Å². The molecule has 1 heterocycles. The second-order valence-corrected chi connectivity index (χ2v) is 5.89. The van der Waals surface area contributed by atoms with Crippen LogP contribution >= 0.6 is 0 Å². The van der Waals surface area contributed by atoms with E-state index < -0.39 is 0 Å². The van der Waals surface area contributed by atoms with Crippen molar-refractivity contribution < 1.29 is 4.79 Å². The van der Waals surface area contributed by atoms with Gasteiger partial charge in [-0.1, -0.05) is 26.2 Å². The largest absolute Gasteiger partial charge is 0.342 e. The van der Waals surface area contributed by atoms with E-state index in [0.717, 1.165) is 31.8 Å². The van der Waals surface area contributed by atoms with Crippen molar-refractivity contribution in [1.82, 2.24) is 4.90 Å². The lowest BCUT2D eigenvalue weighted by Gasteiger charge is -2.31. The smallest absolute Gasteiger partial charge is 0.230 e. The van der Waals surface area contributed by atoms with Gasteiger partial charge in [0.1, 0.15) is 0 Å². The van der Waals surface area contributed by atoms with Gasteiger partial charge < -0.3 is 10.6 Å². The van der Waals surface area contributed by atoms with Gasteiger partial charge >= 0.3 is 0 Å². The van der Waals surface area contributed by atoms with E-state index in [4.69, 9.17) is 5.73 Å². The fraction of sp³-hybridized carbons (Fsp3) is 0.929. The molecule has 98 valence electrons. The zero-order valence-electron chi connectivity index (χ0n) is 11.1. The molecule has 0 aromatic carbocycles. The van der Waals surface area contributed by atoms with Crippen LogP contribution in [-0.2, 0) is 4.79 Å². The predicted octanol–water partition coefficient (Wildman–Crippen LogP) is 2.15. The van der Waals surface area contributed by atoms with Crippen molar-refractivity contribution in [2.45, 2.75) is 51.9 Å². The van der Waals surface area contributed by atoms with E-state index in [1.807, 2.05) is 0 Å². The Morgan fingerprint density at radius 1 is 1.41 bits per heavy atom. The molecule has 0 spiro atoms. The molecule has 2 aliphatic rings. The highest BCUT2D eigenvalue weighted by Gasteiger charge is 2.43. The van der Waals surface area contributed by atoms with Gasteiger partial charge in [-0.05, 0) is 31.6 Å². The number of hydrogen-bond donors (Lipinski definition) is 1. The molecule has 2 rings (SSSR count). The van der Waals surface area contributed by atoms with Crippen molar-refractivity contribution >= 4 is 5.91 Å². The maximum atomic E-state index is 12.6. The molecule has 3 heteroatoms. The highest BCUT2D eigenvalue weighted by atomic mass is 16.2. The molecule has 0 aromatic heterocycles. The molecular weight excluding hydrogens is 212 g/mol. The third-order valence-electron chi connectivity index (χ3n) is 4.68. The summed E-state index contributed by atoms with van der Waals surface area (Å²) < 4.78 is 0. The van der Waals surface area contributed by atoms with Crippen LogP contribution in [0.2, 0.25) is 0 Å². The van der Waals surface area contributed by atoms with Crippen LogP contribution in [0.1, 0.15) is 51.9 Å². The van der Waals surface area contributed by atoms with Gasteiger partial charge in [0.25, 0.3) is 0 Å². The molecule has 1 saturated heterocycles. The Balaban J connectivity index is 1.96. The first-order chi connectivity index (χ1) is 8.22. The Bertz CT molecular complexity index is 271. The average Bonchev–Trinajstić information content (AvgIpc) is 2.98. The highest BCUT2D eigenvalue weighted by molar-refractivity contribution is 5.83. The summed E-state index contributed by atoms with van der Waals surface area (Å²) in [5, 5.41) is 0. The second-order valence-electron chi connectivity index (χ2n) is 5.89. The van der Waals surface area contributed by atoms with Gasteiger partial charge in [0.15, 0.2) is 0 Å². The van der Waals surface area contributed by atoms with E-state index in [9.17, 15) is 4.79 Å². The van der Waals surface area contributed by atoms with Crippen molar-refractivity contribution in [3.63, 3.8) is 0 Å². The number of rotatable bonds is 4. The summed E-state index contributed by atoms with van der Waals surface area (Å²) in [7, 11) is 0. The van der Waals surface area contributed by atoms with Gasteiger partial charge in [0.2, 0.25) is 5.91 Å². The number of carbonyl (C=O) groups is 1. The fourth-order valence-electron chi connectivity index (χ4n) is 3.55. The van der Waals surface area contributed by atoms with Gasteiger partial charge in [0, 0.05) is 19.6 Å². The summed E-state index contributed by atoms with van der Waals surface area (Å²) >= 11 is 0. The van der Waals surface area contributed by atoms with Crippen molar-refractivity contribution in [3.05, 3.63) is 0 Å². The molecule has 0 bridgehead atoms. The summed E-state index contributed by atoms with van der Waals surface area (Å²) in [5.74, 6) is 1.09. The lowest BCUT2D eigenvalue weighted by Crippen LogP contribution is -2.45. The van der Waals surface area contributed by atoms with Gasteiger partial charge in [-0.3, -0.25) is 4.79 Å². The van der Waals surface area contributed by atoms with Crippen molar-refractivity contribution in [2.24, 2.45) is 17.1 Å². The molecule has 1 saturated carbocycles. The number of nitrogens with zero attached hydrogens (tertiary/aromatic N) is 1. The lowest BCUT2D eigenvalue weighted by atomic mass is 9.84. The monoisotopic (exact) mass is 238 g/mol. The van der Waals surface area contributed by atoms with E-state index >= 15 is 0 Å². The summed E-state index contributed by atoms with van der Waals surface area (Å²) in [6.45, 7) is 4.71. The molecule has 0 aromatic rings. The van der Waals surface area contributed by atoms with Gasteiger partial charge in [-0.15, -0.1) is 0 Å². The number of likely N-dealkylation sites (tertiary alicyclic amines) is 1. The van der Waals surface area contributed by atoms with Gasteiger partial charge in [-0.2, -0.15) is 0 Å². The van der Waals surface area contributed by atoms with E-state index in [0.29, 0.717) is 12.5 Å². The van der Waals surface area contributed by atoms with Crippen LogP contribution in [0.3, 0.4) is 0 Å². The minimum Gasteiger partial charge on any atom is -0.342 e. The molecule has 2 N–H and O–H groups in total. The molecule has 2 fully saturated rings. The predicted molar refractivity (Wildman–Crippen MR) is 69.6 cm³/mol. The third-order valence-corrected chi connectivity index (χ3v) is 4.68. The topological polar surface area (TPSA) is 46.3 Å². The second kappa shape index (κ2) is 5.38. The van der Waals surface area contributed by atoms with Crippen LogP contribution in [0, 0.1) is 11.3 Å². The average molecular weight is 238 g/mol. The zero-order chi connectivity index (χ0) is 12.3. The summed E-state index contributed by atoms with van der Waals surface area (Å²) in [6.07, 6.45) is 8.06. The Kier molecular flexibility index (Phi) is 4.08. The molecule has 1 unspecified atom stereocenters. The lowest BCUT2D eigenvalue weighted by molar-refractivity contribution is -0.140. The third kappa shape index (κ3) is 2.49. The molecule has 17 heavy (non-hydrogen) atoms. The molecule has 1 amide bonds. The van der Waals surface area contributed by atoms with Crippen molar-refractivity contribution in [1.29, 1.82) is 0 Å². The maximum absolute atomic E-state index is 12.6. The van der Waals surface area contributed by atoms with E-state index in [1.54, 1.807) is 0 Å². The molecule has 1 atom stereocenters. The molecule has 1 aliphatic heterocycles. The Morgan fingerprint density at radius 2 is 2.12 bits per heavy atom. The van der Waals surface area contributed by atoms with Gasteiger partial charge in [0.05, 0.1) is 5.41 Å². The summed E-state index contributed by atoms with van der Waals surface area (Å²) in [4.78, 5) is 14.7. The quantitative estimate of drug-likeness (QED) is 0.815. The maximum Gasteiger partial charge on any atom is 0.230 e. The van der Waals surface area contributed by atoms with Crippen LogP contribution < -0.4 is 5.73 Å². The fourth-order valence-corrected chi connectivity index (χ4v) is 3.55.